The van der Waals surface area contributed by atoms with Crippen LogP contribution in [0.25, 0.3) is 0 Å². The molecule has 0 aromatic heterocycles. The van der Waals surface area contributed by atoms with Crippen LogP contribution < -0.4 is 0 Å². The maximum atomic E-state index is 11.6. The van der Waals surface area contributed by atoms with Crippen molar-refractivity contribution in [3.8, 4) is 0 Å². The van der Waals surface area contributed by atoms with Gasteiger partial charge in [0, 0.05) is 5.56 Å². The average Bonchev–Trinajstić information content (AvgIpc) is 2.78. The minimum atomic E-state index is -0.361. The minimum Gasteiger partial charge on any atom is -0.462 e. The molecule has 7 nitrogen and oxygen atoms in total. The molecule has 0 heterocycles. The van der Waals surface area contributed by atoms with Gasteiger partial charge in [0.2, 0.25) is 0 Å². The van der Waals surface area contributed by atoms with Gasteiger partial charge in [-0.2, -0.15) is 20.5 Å². The largest absolute Gasteiger partial charge is 0.462 e. The summed E-state index contributed by atoms with van der Waals surface area (Å²) in [7, 11) is 0. The van der Waals surface area contributed by atoms with Crippen LogP contribution in [-0.4, -0.2) is 18.4 Å². The Hall–Kier alpha value is -4.00. The molecule has 0 amide bonds. The van der Waals surface area contributed by atoms with Gasteiger partial charge in [-0.25, -0.2) is 4.79 Å². The highest BCUT2D eigenvalue weighted by Crippen LogP contribution is 2.24. The van der Waals surface area contributed by atoms with Gasteiger partial charge in [-0.05, 0) is 86.6 Å². The van der Waals surface area contributed by atoms with Crippen LogP contribution in [-0.2, 0) is 4.74 Å². The van der Waals surface area contributed by atoms with Gasteiger partial charge < -0.3 is 4.74 Å². The second-order valence-electron chi connectivity index (χ2n) is 6.29. The summed E-state index contributed by atoms with van der Waals surface area (Å²) in [6, 6.07) is 20.8. The average molecular weight is 400 g/mol. The molecule has 0 bridgehead atoms. The third kappa shape index (κ3) is 5.75. The molecule has 150 valence electrons. The first-order chi connectivity index (χ1) is 14.5. The van der Waals surface area contributed by atoms with E-state index in [1.54, 1.807) is 79.7 Å². The highest BCUT2D eigenvalue weighted by atomic mass is 16.5. The zero-order valence-electron chi connectivity index (χ0n) is 16.6. The van der Waals surface area contributed by atoms with Crippen LogP contribution in [0.1, 0.15) is 34.6 Å². The molecule has 0 N–H and O–H groups in total. The van der Waals surface area contributed by atoms with E-state index in [2.05, 4.69) is 20.5 Å². The molecule has 0 atom stereocenters. The summed E-state index contributed by atoms with van der Waals surface area (Å²) in [5.41, 5.74) is 3.73. The Morgan fingerprint density at radius 2 is 0.967 bits per heavy atom. The van der Waals surface area contributed by atoms with Gasteiger partial charge in [-0.1, -0.05) is 0 Å². The second-order valence-corrected chi connectivity index (χ2v) is 6.29. The SMILES string of the molecule is CCOC(=O)c1ccc(N=Nc2ccc(N=Nc3ccc(C(C)=O)cc3)cc2)cc1. The van der Waals surface area contributed by atoms with Crippen LogP contribution >= 0.6 is 0 Å². The third-order valence-electron chi connectivity index (χ3n) is 4.06. The summed E-state index contributed by atoms with van der Waals surface area (Å²) < 4.78 is 4.95. The van der Waals surface area contributed by atoms with E-state index in [9.17, 15) is 9.59 Å². The number of ketones is 1. The minimum absolute atomic E-state index is 0.0122. The van der Waals surface area contributed by atoms with Crippen molar-refractivity contribution in [1.29, 1.82) is 0 Å². The lowest BCUT2D eigenvalue weighted by Crippen LogP contribution is -2.03. The van der Waals surface area contributed by atoms with Crippen molar-refractivity contribution in [2.24, 2.45) is 20.5 Å². The molecular formula is C23H20N4O3. The lowest BCUT2D eigenvalue weighted by Gasteiger charge is -2.01. The molecule has 0 spiro atoms. The van der Waals surface area contributed by atoms with E-state index in [0.717, 1.165) is 0 Å². The number of ether oxygens (including phenoxy) is 1. The summed E-state index contributed by atoms with van der Waals surface area (Å²) >= 11 is 0. The van der Waals surface area contributed by atoms with E-state index in [4.69, 9.17) is 4.74 Å². The maximum Gasteiger partial charge on any atom is 0.338 e. The summed E-state index contributed by atoms with van der Waals surface area (Å²) in [6.45, 7) is 3.62. The lowest BCUT2D eigenvalue weighted by molar-refractivity contribution is 0.0526. The number of carbonyl (C=O) groups is 2. The molecule has 0 saturated heterocycles. The van der Waals surface area contributed by atoms with Crippen molar-refractivity contribution in [3.05, 3.63) is 83.9 Å². The Morgan fingerprint density at radius 1 is 0.633 bits per heavy atom. The summed E-state index contributed by atoms with van der Waals surface area (Å²) in [4.78, 5) is 22.9. The fourth-order valence-corrected chi connectivity index (χ4v) is 2.46. The molecule has 0 fully saturated rings. The lowest BCUT2D eigenvalue weighted by atomic mass is 10.1. The molecule has 0 unspecified atom stereocenters. The van der Waals surface area contributed by atoms with Crippen LogP contribution in [0, 0.1) is 0 Å². The number of Topliss-reactive ketones (excluding diaryl/α,β-unsaturated/α-hetero) is 1. The van der Waals surface area contributed by atoms with E-state index in [-0.39, 0.29) is 11.8 Å². The molecule has 30 heavy (non-hydrogen) atoms. The Labute approximate surface area is 174 Å². The summed E-state index contributed by atoms with van der Waals surface area (Å²) in [6.07, 6.45) is 0. The Morgan fingerprint density at radius 3 is 1.30 bits per heavy atom. The van der Waals surface area contributed by atoms with Crippen LogP contribution in [0.5, 0.6) is 0 Å². The van der Waals surface area contributed by atoms with Crippen LogP contribution in [0.15, 0.2) is 93.3 Å². The van der Waals surface area contributed by atoms with Gasteiger partial charge >= 0.3 is 5.97 Å². The Balaban J connectivity index is 1.61. The second kappa shape index (κ2) is 9.97. The van der Waals surface area contributed by atoms with Gasteiger partial charge in [0.05, 0.1) is 34.9 Å². The fourth-order valence-electron chi connectivity index (χ4n) is 2.46. The topological polar surface area (TPSA) is 92.8 Å². The number of hydrogen-bond donors (Lipinski definition) is 0. The molecular weight excluding hydrogens is 380 g/mol. The van der Waals surface area contributed by atoms with Gasteiger partial charge in [0.1, 0.15) is 0 Å². The zero-order valence-corrected chi connectivity index (χ0v) is 16.6. The molecule has 7 heteroatoms. The van der Waals surface area contributed by atoms with Gasteiger partial charge in [0.15, 0.2) is 5.78 Å². The van der Waals surface area contributed by atoms with E-state index in [1.165, 1.54) is 6.92 Å². The van der Waals surface area contributed by atoms with E-state index in [1.807, 2.05) is 0 Å². The number of hydrogen-bond acceptors (Lipinski definition) is 7. The molecule has 0 aliphatic rings. The quantitative estimate of drug-likeness (QED) is 0.245. The Kier molecular flexibility index (Phi) is 6.89. The van der Waals surface area contributed by atoms with Gasteiger partial charge in [0.25, 0.3) is 0 Å². The fraction of sp³-hybridized carbons (Fsp3) is 0.130. The molecule has 3 aromatic rings. The van der Waals surface area contributed by atoms with Crippen molar-refractivity contribution in [2.75, 3.05) is 6.61 Å². The van der Waals surface area contributed by atoms with Crippen molar-refractivity contribution in [1.82, 2.24) is 0 Å². The van der Waals surface area contributed by atoms with Crippen LogP contribution in [0.3, 0.4) is 0 Å². The highest BCUT2D eigenvalue weighted by molar-refractivity contribution is 5.94. The van der Waals surface area contributed by atoms with E-state index >= 15 is 0 Å². The van der Waals surface area contributed by atoms with Crippen LogP contribution in [0.4, 0.5) is 22.7 Å². The molecule has 0 aliphatic heterocycles. The highest BCUT2D eigenvalue weighted by Gasteiger charge is 2.05. The first kappa shape index (κ1) is 20.7. The molecule has 3 aromatic carbocycles. The van der Waals surface area contributed by atoms with Crippen molar-refractivity contribution in [3.63, 3.8) is 0 Å². The first-order valence-corrected chi connectivity index (χ1v) is 9.37. The number of rotatable bonds is 7. The molecule has 0 saturated carbocycles. The predicted molar refractivity (Wildman–Crippen MR) is 114 cm³/mol. The summed E-state index contributed by atoms with van der Waals surface area (Å²) in [5.74, 6) is -0.348. The monoisotopic (exact) mass is 400 g/mol. The molecule has 0 radical (unpaired) electrons. The van der Waals surface area contributed by atoms with Crippen molar-refractivity contribution in [2.45, 2.75) is 13.8 Å². The number of azo groups is 2. The Bertz CT molecular complexity index is 1070. The van der Waals surface area contributed by atoms with Crippen molar-refractivity contribution >= 4 is 34.5 Å². The van der Waals surface area contributed by atoms with Gasteiger partial charge in [-0.15, -0.1) is 0 Å². The maximum absolute atomic E-state index is 11.6. The summed E-state index contributed by atoms with van der Waals surface area (Å²) in [5, 5.41) is 16.7. The number of esters is 1. The smallest absolute Gasteiger partial charge is 0.338 e. The number of carbonyl (C=O) groups excluding carboxylic acids is 2. The number of nitrogens with zero attached hydrogens (tertiary/aromatic N) is 4. The zero-order chi connectivity index (χ0) is 21.3. The molecule has 0 aliphatic carbocycles. The standard InChI is InChI=1S/C23H20N4O3/c1-3-30-23(29)18-6-10-20(11-7-18)25-27-22-14-12-21(13-15-22)26-24-19-8-4-17(5-9-19)16(2)28/h4-15H,3H2,1-2H3. The van der Waals surface area contributed by atoms with Crippen molar-refractivity contribution < 1.29 is 14.3 Å². The normalized spacial score (nSPS) is 11.1. The van der Waals surface area contributed by atoms with Crippen LogP contribution in [0.2, 0.25) is 0 Å². The molecule has 3 rings (SSSR count). The van der Waals surface area contributed by atoms with E-state index in [0.29, 0.717) is 40.5 Å². The third-order valence-corrected chi connectivity index (χ3v) is 4.06. The van der Waals surface area contributed by atoms with E-state index < -0.39 is 0 Å². The number of benzene rings is 3. The van der Waals surface area contributed by atoms with Gasteiger partial charge in [-0.3, -0.25) is 4.79 Å². The first-order valence-electron chi connectivity index (χ1n) is 9.37. The predicted octanol–water partition coefficient (Wildman–Crippen LogP) is 6.90.